The summed E-state index contributed by atoms with van der Waals surface area (Å²) < 4.78 is 0. The minimum Gasteiger partial charge on any atom is -0.351 e. The van der Waals surface area contributed by atoms with Crippen LogP contribution in [0.5, 0.6) is 0 Å². The molecule has 1 unspecified atom stereocenters. The summed E-state index contributed by atoms with van der Waals surface area (Å²) in [4.78, 5) is 12.1. The van der Waals surface area contributed by atoms with E-state index in [1.165, 1.54) is 5.56 Å². The molecule has 1 atom stereocenters. The molecule has 1 aromatic rings. The van der Waals surface area contributed by atoms with Crippen LogP contribution < -0.4 is 5.32 Å². The summed E-state index contributed by atoms with van der Waals surface area (Å²) in [5, 5.41) is 2.91. The van der Waals surface area contributed by atoms with Gasteiger partial charge in [-0.2, -0.15) is 0 Å². The Morgan fingerprint density at radius 3 is 2.62 bits per heavy atom. The molecule has 3 heteroatoms. The molecular weight excluding hydrogens is 266 g/mol. The standard InChI is InChI=1S/C13H18BrNO/c1-4-12(14)8-15-13(16)11-6-5-9(2)10(3)7-11/h5-7,12H,4,8H2,1-3H3,(H,15,16). The summed E-state index contributed by atoms with van der Waals surface area (Å²) in [6, 6.07) is 5.78. The van der Waals surface area contributed by atoms with E-state index in [-0.39, 0.29) is 5.91 Å². The fourth-order valence-electron chi connectivity index (χ4n) is 1.33. The van der Waals surface area contributed by atoms with Crippen molar-refractivity contribution < 1.29 is 4.79 Å². The lowest BCUT2D eigenvalue weighted by atomic mass is 10.1. The number of halogens is 1. The Morgan fingerprint density at radius 2 is 2.06 bits per heavy atom. The van der Waals surface area contributed by atoms with Gasteiger partial charge in [0.25, 0.3) is 5.91 Å². The van der Waals surface area contributed by atoms with Crippen LogP contribution >= 0.6 is 15.9 Å². The van der Waals surface area contributed by atoms with E-state index in [0.29, 0.717) is 11.4 Å². The normalized spacial score (nSPS) is 12.2. The number of benzene rings is 1. The van der Waals surface area contributed by atoms with Crippen molar-refractivity contribution >= 4 is 21.8 Å². The van der Waals surface area contributed by atoms with Gasteiger partial charge in [0.1, 0.15) is 0 Å². The first kappa shape index (κ1) is 13.2. The first-order valence-corrected chi connectivity index (χ1v) is 6.45. The Hall–Kier alpha value is -0.830. The van der Waals surface area contributed by atoms with E-state index in [1.54, 1.807) is 0 Å². The summed E-state index contributed by atoms with van der Waals surface area (Å²) in [5.74, 6) is 0.000926. The lowest BCUT2D eigenvalue weighted by molar-refractivity contribution is 0.0954. The van der Waals surface area contributed by atoms with E-state index in [2.05, 4.69) is 28.2 Å². The van der Waals surface area contributed by atoms with Gasteiger partial charge in [-0.3, -0.25) is 4.79 Å². The molecule has 0 fully saturated rings. The molecule has 0 aliphatic heterocycles. The minimum atomic E-state index is 0.000926. The number of amides is 1. The molecule has 1 aromatic carbocycles. The van der Waals surface area contributed by atoms with Gasteiger partial charge in [-0.05, 0) is 43.5 Å². The zero-order chi connectivity index (χ0) is 12.1. The molecule has 0 saturated carbocycles. The Morgan fingerprint density at radius 1 is 1.38 bits per heavy atom. The molecule has 0 aliphatic rings. The third-order valence-corrected chi connectivity index (χ3v) is 3.67. The summed E-state index contributed by atoms with van der Waals surface area (Å²) in [7, 11) is 0. The number of alkyl halides is 1. The number of carbonyl (C=O) groups is 1. The van der Waals surface area contributed by atoms with Crippen LogP contribution in [0.2, 0.25) is 0 Å². The highest BCUT2D eigenvalue weighted by Gasteiger charge is 2.08. The Labute approximate surface area is 106 Å². The number of aryl methyl sites for hydroxylation is 2. The van der Waals surface area contributed by atoms with E-state index < -0.39 is 0 Å². The summed E-state index contributed by atoms with van der Waals surface area (Å²) in [6.07, 6.45) is 1.01. The second-order valence-corrected chi connectivity index (χ2v) is 5.31. The first-order chi connectivity index (χ1) is 7.54. The molecule has 1 amide bonds. The number of hydrogen-bond acceptors (Lipinski definition) is 1. The zero-order valence-corrected chi connectivity index (χ0v) is 11.6. The number of rotatable bonds is 4. The molecule has 88 valence electrons. The third kappa shape index (κ3) is 3.63. The molecule has 2 nitrogen and oxygen atoms in total. The van der Waals surface area contributed by atoms with E-state index in [9.17, 15) is 4.79 Å². The molecule has 1 rings (SSSR count). The molecule has 0 aromatic heterocycles. The van der Waals surface area contributed by atoms with Gasteiger partial charge in [0, 0.05) is 16.9 Å². The van der Waals surface area contributed by atoms with Crippen LogP contribution in [0, 0.1) is 13.8 Å². The van der Waals surface area contributed by atoms with Crippen molar-refractivity contribution in [2.24, 2.45) is 0 Å². The lowest BCUT2D eigenvalue weighted by Gasteiger charge is -2.09. The molecular formula is C13H18BrNO. The molecule has 0 spiro atoms. The highest BCUT2D eigenvalue weighted by molar-refractivity contribution is 9.09. The quantitative estimate of drug-likeness (QED) is 0.845. The van der Waals surface area contributed by atoms with Crippen molar-refractivity contribution in [1.82, 2.24) is 5.32 Å². The highest BCUT2D eigenvalue weighted by atomic mass is 79.9. The van der Waals surface area contributed by atoms with Gasteiger partial charge in [0.15, 0.2) is 0 Å². The van der Waals surface area contributed by atoms with Crippen LogP contribution in [-0.2, 0) is 0 Å². The van der Waals surface area contributed by atoms with E-state index in [1.807, 2.05) is 32.0 Å². The number of carbonyl (C=O) groups excluding carboxylic acids is 1. The van der Waals surface area contributed by atoms with Gasteiger partial charge in [-0.15, -0.1) is 0 Å². The van der Waals surface area contributed by atoms with E-state index >= 15 is 0 Å². The highest BCUT2D eigenvalue weighted by Crippen LogP contribution is 2.10. The molecule has 0 heterocycles. The van der Waals surface area contributed by atoms with Crippen LogP contribution in [0.3, 0.4) is 0 Å². The fraction of sp³-hybridized carbons (Fsp3) is 0.462. The second kappa shape index (κ2) is 6.04. The maximum atomic E-state index is 11.8. The fourth-order valence-corrected chi connectivity index (χ4v) is 1.49. The SMILES string of the molecule is CCC(Br)CNC(=O)c1ccc(C)c(C)c1. The van der Waals surface area contributed by atoms with Crippen molar-refractivity contribution in [3.63, 3.8) is 0 Å². The van der Waals surface area contributed by atoms with Gasteiger partial charge in [-0.25, -0.2) is 0 Å². The maximum Gasteiger partial charge on any atom is 0.251 e. The van der Waals surface area contributed by atoms with Crippen molar-refractivity contribution in [2.75, 3.05) is 6.54 Å². The molecule has 0 aliphatic carbocycles. The Balaban J connectivity index is 2.63. The minimum absolute atomic E-state index is 0.000926. The van der Waals surface area contributed by atoms with Gasteiger partial charge in [0.05, 0.1) is 0 Å². The van der Waals surface area contributed by atoms with Gasteiger partial charge in [0.2, 0.25) is 0 Å². The average molecular weight is 284 g/mol. The zero-order valence-electron chi connectivity index (χ0n) is 10.0. The lowest BCUT2D eigenvalue weighted by Crippen LogP contribution is -2.29. The molecule has 16 heavy (non-hydrogen) atoms. The van der Waals surface area contributed by atoms with Crippen LogP contribution in [-0.4, -0.2) is 17.3 Å². The Kier molecular flexibility index (Phi) is 5.00. The van der Waals surface area contributed by atoms with E-state index in [0.717, 1.165) is 17.5 Å². The van der Waals surface area contributed by atoms with Gasteiger partial charge >= 0.3 is 0 Å². The summed E-state index contributed by atoms with van der Waals surface area (Å²) >= 11 is 3.49. The van der Waals surface area contributed by atoms with Gasteiger partial charge in [-0.1, -0.05) is 28.9 Å². The predicted molar refractivity (Wildman–Crippen MR) is 71.3 cm³/mol. The topological polar surface area (TPSA) is 29.1 Å². The van der Waals surface area contributed by atoms with Crippen LogP contribution in [0.25, 0.3) is 0 Å². The van der Waals surface area contributed by atoms with Crippen LogP contribution in [0.1, 0.15) is 34.8 Å². The summed E-state index contributed by atoms with van der Waals surface area (Å²) in [6.45, 7) is 6.82. The largest absolute Gasteiger partial charge is 0.351 e. The molecule has 1 N–H and O–H groups in total. The molecule has 0 bridgehead atoms. The van der Waals surface area contributed by atoms with Crippen molar-refractivity contribution in [3.8, 4) is 0 Å². The van der Waals surface area contributed by atoms with E-state index in [4.69, 9.17) is 0 Å². The van der Waals surface area contributed by atoms with Crippen LogP contribution in [0.15, 0.2) is 18.2 Å². The van der Waals surface area contributed by atoms with Crippen molar-refractivity contribution in [3.05, 3.63) is 34.9 Å². The number of hydrogen-bond donors (Lipinski definition) is 1. The van der Waals surface area contributed by atoms with Crippen LogP contribution in [0.4, 0.5) is 0 Å². The third-order valence-electron chi connectivity index (χ3n) is 2.70. The monoisotopic (exact) mass is 283 g/mol. The number of nitrogens with one attached hydrogen (secondary N) is 1. The van der Waals surface area contributed by atoms with Crippen molar-refractivity contribution in [2.45, 2.75) is 32.0 Å². The van der Waals surface area contributed by atoms with Crippen molar-refractivity contribution in [1.29, 1.82) is 0 Å². The van der Waals surface area contributed by atoms with Gasteiger partial charge < -0.3 is 5.32 Å². The molecule has 0 radical (unpaired) electrons. The molecule has 0 saturated heterocycles. The maximum absolute atomic E-state index is 11.8. The predicted octanol–water partition coefficient (Wildman–Crippen LogP) is 3.21. The summed E-state index contributed by atoms with van der Waals surface area (Å²) in [5.41, 5.74) is 3.10. The first-order valence-electron chi connectivity index (χ1n) is 5.54. The Bertz CT molecular complexity index is 376. The smallest absolute Gasteiger partial charge is 0.251 e. The average Bonchev–Trinajstić information content (AvgIpc) is 2.29. The second-order valence-electron chi connectivity index (χ2n) is 4.01.